The van der Waals surface area contributed by atoms with Gasteiger partial charge < -0.3 is 15.7 Å². The summed E-state index contributed by atoms with van der Waals surface area (Å²) in [6, 6.07) is 7.30. The molecule has 2 amide bonds. The van der Waals surface area contributed by atoms with Crippen LogP contribution in [0.15, 0.2) is 47.4 Å². The lowest BCUT2D eigenvalue weighted by molar-refractivity contribution is 0.101. The van der Waals surface area contributed by atoms with Gasteiger partial charge in [-0.25, -0.2) is 26.0 Å². The summed E-state index contributed by atoms with van der Waals surface area (Å²) in [5.41, 5.74) is -1.74. The highest BCUT2D eigenvalue weighted by Gasteiger charge is 2.24. The molecule has 0 heterocycles. The van der Waals surface area contributed by atoms with Crippen LogP contribution in [0.2, 0.25) is 5.02 Å². The molecule has 7 nitrogen and oxygen atoms in total. The minimum atomic E-state index is -3.64. The third-order valence-electron chi connectivity index (χ3n) is 4.94. The van der Waals surface area contributed by atoms with E-state index in [-0.39, 0.29) is 44.6 Å². The van der Waals surface area contributed by atoms with Crippen LogP contribution in [0.5, 0.6) is 5.75 Å². The highest BCUT2D eigenvalue weighted by molar-refractivity contribution is 7.91. The first kappa shape index (κ1) is 27.9. The molecular formula is C24H19ClF4N2O5S. The molecule has 13 heteroatoms. The fourth-order valence-electron chi connectivity index (χ4n) is 3.25. The molecular weight excluding hydrogens is 540 g/mol. The number of aromatic hydroxyl groups is 1. The number of hydrogen-bond donors (Lipinski definition) is 3. The van der Waals surface area contributed by atoms with Gasteiger partial charge in [0.1, 0.15) is 5.75 Å². The van der Waals surface area contributed by atoms with Crippen LogP contribution in [0.1, 0.15) is 34.6 Å². The number of carbonyl (C=O) groups excluding carboxylic acids is 2. The van der Waals surface area contributed by atoms with E-state index in [1.807, 2.05) is 5.32 Å². The van der Waals surface area contributed by atoms with Crippen molar-refractivity contribution in [1.29, 1.82) is 0 Å². The zero-order valence-electron chi connectivity index (χ0n) is 19.2. The summed E-state index contributed by atoms with van der Waals surface area (Å²) < 4.78 is 78.8. The van der Waals surface area contributed by atoms with Crippen LogP contribution in [0.4, 0.5) is 28.9 Å². The molecule has 0 aromatic heterocycles. The van der Waals surface area contributed by atoms with Crippen molar-refractivity contribution in [3.05, 3.63) is 81.9 Å². The van der Waals surface area contributed by atoms with Crippen LogP contribution >= 0.6 is 11.6 Å². The summed E-state index contributed by atoms with van der Waals surface area (Å²) in [5, 5.41) is 14.4. The van der Waals surface area contributed by atoms with Gasteiger partial charge >= 0.3 is 0 Å². The van der Waals surface area contributed by atoms with Crippen LogP contribution in [0.3, 0.4) is 0 Å². The van der Waals surface area contributed by atoms with Crippen LogP contribution in [0.25, 0.3) is 0 Å². The van der Waals surface area contributed by atoms with Crippen molar-refractivity contribution in [2.24, 2.45) is 5.92 Å². The van der Waals surface area contributed by atoms with E-state index in [9.17, 15) is 40.7 Å². The maximum atomic E-state index is 13.9. The van der Waals surface area contributed by atoms with Gasteiger partial charge in [-0.05, 0) is 36.2 Å². The molecule has 0 radical (unpaired) electrons. The Morgan fingerprint density at radius 1 is 0.919 bits per heavy atom. The number of hydrogen-bond acceptors (Lipinski definition) is 5. The number of benzene rings is 3. The third-order valence-corrected chi connectivity index (χ3v) is 7.33. The molecule has 0 saturated heterocycles. The summed E-state index contributed by atoms with van der Waals surface area (Å²) in [6.45, 7) is 3.47. The molecule has 0 atom stereocenters. The molecule has 0 aliphatic rings. The first-order valence-electron chi connectivity index (χ1n) is 10.5. The van der Waals surface area contributed by atoms with Crippen molar-refractivity contribution in [2.75, 3.05) is 16.4 Å². The number of rotatable bonds is 7. The first-order chi connectivity index (χ1) is 17.2. The Labute approximate surface area is 214 Å². The third kappa shape index (κ3) is 6.20. The van der Waals surface area contributed by atoms with Gasteiger partial charge in [0, 0.05) is 11.6 Å². The maximum Gasteiger partial charge on any atom is 0.258 e. The molecule has 0 bridgehead atoms. The van der Waals surface area contributed by atoms with Crippen LogP contribution in [-0.2, 0) is 9.84 Å². The van der Waals surface area contributed by atoms with Crippen molar-refractivity contribution < 1.29 is 40.7 Å². The Morgan fingerprint density at radius 2 is 1.57 bits per heavy atom. The largest absolute Gasteiger partial charge is 0.506 e. The number of phenols is 1. The van der Waals surface area contributed by atoms with E-state index >= 15 is 0 Å². The summed E-state index contributed by atoms with van der Waals surface area (Å²) in [5.74, 6) is -11.1. The lowest BCUT2D eigenvalue weighted by atomic mass is 10.1. The molecule has 0 aliphatic carbocycles. The Kier molecular flexibility index (Phi) is 8.13. The highest BCUT2D eigenvalue weighted by atomic mass is 35.5. The quantitative estimate of drug-likeness (QED) is 0.153. The van der Waals surface area contributed by atoms with Crippen molar-refractivity contribution in [1.82, 2.24) is 0 Å². The molecule has 0 spiro atoms. The number of anilines is 2. The molecule has 3 N–H and O–H groups in total. The van der Waals surface area contributed by atoms with E-state index in [1.165, 1.54) is 24.3 Å². The average Bonchev–Trinajstić information content (AvgIpc) is 2.82. The van der Waals surface area contributed by atoms with Gasteiger partial charge in [-0.2, -0.15) is 0 Å². The summed E-state index contributed by atoms with van der Waals surface area (Å²) in [7, 11) is -3.64. The predicted molar refractivity (Wildman–Crippen MR) is 129 cm³/mol. The maximum absolute atomic E-state index is 13.9. The molecule has 0 aliphatic heterocycles. The van der Waals surface area contributed by atoms with Gasteiger partial charge in [-0.3, -0.25) is 9.59 Å². The number of nitrogens with one attached hydrogen (secondary N) is 2. The fourth-order valence-corrected chi connectivity index (χ4v) is 5.12. The van der Waals surface area contributed by atoms with E-state index in [2.05, 4.69) is 5.32 Å². The molecule has 0 fully saturated rings. The molecule has 37 heavy (non-hydrogen) atoms. The topological polar surface area (TPSA) is 113 Å². The van der Waals surface area contributed by atoms with E-state index in [0.29, 0.717) is 0 Å². The molecule has 3 aromatic carbocycles. The van der Waals surface area contributed by atoms with E-state index in [4.69, 9.17) is 11.6 Å². The summed E-state index contributed by atoms with van der Waals surface area (Å²) in [6.07, 6.45) is 0. The molecule has 0 saturated carbocycles. The second-order valence-corrected chi connectivity index (χ2v) is 10.7. The standard InChI is InChI=1S/C24H19ClF4N2O5S/c1-11(2)10-37(35,36)13-5-3-4-12(6-13)23(33)31-18-8-15(25)17(9-19(18)32)30-24(34)14-7-16(26)21(28)22(29)20(14)27/h3-9,11,32H,10H2,1-2H3,(H,30,34)(H,31,33). The lowest BCUT2D eigenvalue weighted by Gasteiger charge is -2.13. The van der Waals surface area contributed by atoms with E-state index in [0.717, 1.165) is 12.1 Å². The fraction of sp³-hybridized carbons (Fsp3) is 0.167. The SMILES string of the molecule is CC(C)CS(=O)(=O)c1cccc(C(=O)Nc2cc(Cl)c(NC(=O)c3cc(F)c(F)c(F)c3F)cc2O)c1. The lowest BCUT2D eigenvalue weighted by Crippen LogP contribution is -2.17. The summed E-state index contributed by atoms with van der Waals surface area (Å²) in [4.78, 5) is 24.9. The van der Waals surface area contributed by atoms with Crippen LogP contribution in [0, 0.1) is 29.2 Å². The van der Waals surface area contributed by atoms with Gasteiger partial charge in [0.25, 0.3) is 11.8 Å². The smallest absolute Gasteiger partial charge is 0.258 e. The van der Waals surface area contributed by atoms with E-state index in [1.54, 1.807) is 13.8 Å². The minimum Gasteiger partial charge on any atom is -0.506 e. The van der Waals surface area contributed by atoms with E-state index < -0.39 is 56.2 Å². The predicted octanol–water partition coefficient (Wildman–Crippen LogP) is 5.54. The summed E-state index contributed by atoms with van der Waals surface area (Å²) >= 11 is 6.07. The second kappa shape index (κ2) is 10.8. The molecule has 3 aromatic rings. The molecule has 196 valence electrons. The van der Waals surface area contributed by atoms with Gasteiger partial charge in [-0.15, -0.1) is 0 Å². The van der Waals surface area contributed by atoms with Crippen LogP contribution in [-0.4, -0.2) is 31.1 Å². The Hall–Kier alpha value is -3.64. The normalized spacial score (nSPS) is 11.5. The zero-order valence-corrected chi connectivity index (χ0v) is 20.8. The average molecular weight is 559 g/mol. The Balaban J connectivity index is 1.83. The zero-order chi connectivity index (χ0) is 27.7. The number of carbonyl (C=O) groups is 2. The van der Waals surface area contributed by atoms with Gasteiger partial charge in [0.15, 0.2) is 33.1 Å². The van der Waals surface area contributed by atoms with Gasteiger partial charge in [-0.1, -0.05) is 31.5 Å². The number of amides is 2. The van der Waals surface area contributed by atoms with Gasteiger partial charge in [0.2, 0.25) is 0 Å². The highest BCUT2D eigenvalue weighted by Crippen LogP contribution is 2.35. The van der Waals surface area contributed by atoms with Crippen molar-refractivity contribution in [3.8, 4) is 5.75 Å². The number of phenolic OH excluding ortho intramolecular Hbond substituents is 1. The second-order valence-electron chi connectivity index (χ2n) is 8.31. The van der Waals surface area contributed by atoms with Crippen LogP contribution < -0.4 is 10.6 Å². The molecule has 3 rings (SSSR count). The monoisotopic (exact) mass is 558 g/mol. The number of sulfone groups is 1. The van der Waals surface area contributed by atoms with Gasteiger partial charge in [0.05, 0.1) is 32.6 Å². The Bertz CT molecular complexity index is 1510. The number of halogens is 5. The van der Waals surface area contributed by atoms with Crippen molar-refractivity contribution in [2.45, 2.75) is 18.7 Å². The minimum absolute atomic E-state index is 0.0337. The Morgan fingerprint density at radius 3 is 2.22 bits per heavy atom. The van der Waals surface area contributed by atoms with Crippen molar-refractivity contribution >= 4 is 44.6 Å². The van der Waals surface area contributed by atoms with Crippen molar-refractivity contribution in [3.63, 3.8) is 0 Å². The first-order valence-corrected chi connectivity index (χ1v) is 12.5. The molecule has 0 unspecified atom stereocenters.